The smallest absolute Gasteiger partial charge is 0.324 e. The molecular formula is C29H28O5. The lowest BCUT2D eigenvalue weighted by atomic mass is 9.58. The van der Waals surface area contributed by atoms with Gasteiger partial charge in [0.25, 0.3) is 0 Å². The minimum Gasteiger partial charge on any atom is -0.468 e. The van der Waals surface area contributed by atoms with Gasteiger partial charge < -0.3 is 9.47 Å². The molecule has 5 nitrogen and oxygen atoms in total. The van der Waals surface area contributed by atoms with Gasteiger partial charge in [-0.05, 0) is 59.8 Å². The van der Waals surface area contributed by atoms with Gasteiger partial charge in [0.2, 0.25) is 0 Å². The predicted molar refractivity (Wildman–Crippen MR) is 128 cm³/mol. The lowest BCUT2D eigenvalue weighted by Crippen LogP contribution is -2.43. The molecule has 1 fully saturated rings. The van der Waals surface area contributed by atoms with Crippen LogP contribution in [0, 0.1) is 22.7 Å². The van der Waals surface area contributed by atoms with Crippen LogP contribution in [-0.2, 0) is 23.9 Å². The van der Waals surface area contributed by atoms with Crippen LogP contribution in [0.1, 0.15) is 36.8 Å². The number of methoxy groups -OCH3 is 2. The summed E-state index contributed by atoms with van der Waals surface area (Å²) in [6.45, 7) is 0. The van der Waals surface area contributed by atoms with Crippen LogP contribution < -0.4 is 0 Å². The normalized spacial score (nSPS) is 30.8. The first kappa shape index (κ1) is 22.3. The maximum Gasteiger partial charge on any atom is 0.324 e. The van der Waals surface area contributed by atoms with Crippen LogP contribution in [0.25, 0.3) is 11.1 Å². The Kier molecular flexibility index (Phi) is 5.51. The highest BCUT2D eigenvalue weighted by Crippen LogP contribution is 2.74. The number of allylic oxidation sites excluding steroid dienone is 2. The summed E-state index contributed by atoms with van der Waals surface area (Å²) >= 11 is 0. The monoisotopic (exact) mass is 456 g/mol. The van der Waals surface area contributed by atoms with Gasteiger partial charge in [-0.1, -0.05) is 72.8 Å². The molecule has 1 saturated carbocycles. The van der Waals surface area contributed by atoms with Crippen molar-refractivity contribution in [2.24, 2.45) is 22.7 Å². The van der Waals surface area contributed by atoms with E-state index in [0.717, 1.165) is 24.0 Å². The van der Waals surface area contributed by atoms with Gasteiger partial charge in [0.05, 0.1) is 14.2 Å². The van der Waals surface area contributed by atoms with E-state index in [2.05, 4.69) is 12.2 Å². The highest BCUT2D eigenvalue weighted by Gasteiger charge is 2.81. The van der Waals surface area contributed by atoms with E-state index in [-0.39, 0.29) is 11.8 Å². The molecule has 34 heavy (non-hydrogen) atoms. The van der Waals surface area contributed by atoms with Crippen LogP contribution in [0.5, 0.6) is 0 Å². The Morgan fingerprint density at radius 1 is 0.706 bits per heavy atom. The van der Waals surface area contributed by atoms with Crippen molar-refractivity contribution in [3.8, 4) is 0 Å². The Balaban J connectivity index is 1.96. The SMILES string of the molecule is COC(=O)[C@@]12C(=O)[C@@](C(=O)OC)(C(c3ccccc3)=C1c1ccccc1)[C@H]1CC/C=C\CC[C@H]12. The first-order chi connectivity index (χ1) is 16.6. The van der Waals surface area contributed by atoms with Crippen LogP contribution in [0.15, 0.2) is 72.8 Å². The van der Waals surface area contributed by atoms with E-state index in [4.69, 9.17) is 9.47 Å². The second-order valence-electron chi connectivity index (χ2n) is 9.25. The number of ketones is 1. The van der Waals surface area contributed by atoms with Gasteiger partial charge >= 0.3 is 11.9 Å². The molecule has 5 heteroatoms. The number of rotatable bonds is 4. The van der Waals surface area contributed by atoms with Crippen LogP contribution >= 0.6 is 0 Å². The van der Waals surface area contributed by atoms with Gasteiger partial charge in [0, 0.05) is 0 Å². The van der Waals surface area contributed by atoms with Crippen molar-refractivity contribution < 1.29 is 23.9 Å². The van der Waals surface area contributed by atoms with Crippen molar-refractivity contribution in [3.63, 3.8) is 0 Å². The lowest BCUT2D eigenvalue weighted by molar-refractivity contribution is -0.157. The van der Waals surface area contributed by atoms with Crippen LogP contribution in [0.4, 0.5) is 0 Å². The van der Waals surface area contributed by atoms with Gasteiger partial charge in [-0.25, -0.2) is 0 Å². The average molecular weight is 457 g/mol. The molecule has 0 saturated heterocycles. The Hall–Kier alpha value is -3.47. The van der Waals surface area contributed by atoms with Crippen LogP contribution in [-0.4, -0.2) is 31.9 Å². The Labute approximate surface area is 199 Å². The number of Topliss-reactive ketones (excluding diaryl/α,β-unsaturated/α-hetero) is 1. The zero-order valence-electron chi connectivity index (χ0n) is 19.5. The van der Waals surface area contributed by atoms with E-state index in [1.54, 1.807) is 0 Å². The van der Waals surface area contributed by atoms with Gasteiger partial charge in [-0.3, -0.25) is 14.4 Å². The summed E-state index contributed by atoms with van der Waals surface area (Å²) in [5, 5.41) is 0. The summed E-state index contributed by atoms with van der Waals surface area (Å²) in [7, 11) is 2.65. The fourth-order valence-electron chi connectivity index (χ4n) is 6.83. The van der Waals surface area contributed by atoms with Crippen molar-refractivity contribution in [1.82, 2.24) is 0 Å². The Morgan fingerprint density at radius 2 is 1.09 bits per heavy atom. The number of fused-ring (bicyclic) bond motifs is 5. The fourth-order valence-corrected chi connectivity index (χ4v) is 6.83. The van der Waals surface area contributed by atoms with Crippen LogP contribution in [0.2, 0.25) is 0 Å². The predicted octanol–water partition coefficient (Wildman–Crippen LogP) is 4.88. The molecule has 5 rings (SSSR count). The van der Waals surface area contributed by atoms with E-state index in [1.807, 2.05) is 60.7 Å². The first-order valence-electron chi connectivity index (χ1n) is 11.8. The van der Waals surface area contributed by atoms with Crippen molar-refractivity contribution >= 4 is 28.9 Å². The van der Waals surface area contributed by atoms with E-state index in [9.17, 15) is 14.4 Å². The summed E-state index contributed by atoms with van der Waals surface area (Å²) < 4.78 is 10.8. The number of esters is 2. The standard InChI is InChI=1S/C29H28O5/c1-33-26(31)28-21-17-11-3-4-12-18-22(21)29(25(28)30,27(32)34-2)24(20-15-9-6-10-16-20)23(28)19-13-7-5-8-14-19/h3-10,13-16,21-22H,11-12,17-18H2,1-2H3/b4-3-/t21-,22+,28-,29+. The van der Waals surface area contributed by atoms with Gasteiger partial charge in [0.15, 0.2) is 16.6 Å². The third-order valence-electron chi connectivity index (χ3n) is 7.95. The van der Waals surface area contributed by atoms with Crippen LogP contribution in [0.3, 0.4) is 0 Å². The van der Waals surface area contributed by atoms with Crippen molar-refractivity contribution in [3.05, 3.63) is 83.9 Å². The second-order valence-corrected chi connectivity index (χ2v) is 9.25. The Bertz CT molecular complexity index is 1100. The van der Waals surface area contributed by atoms with Gasteiger partial charge in [-0.15, -0.1) is 0 Å². The summed E-state index contributed by atoms with van der Waals surface area (Å²) in [6.07, 6.45) is 6.89. The lowest BCUT2D eigenvalue weighted by Gasteiger charge is -2.42. The summed E-state index contributed by atoms with van der Waals surface area (Å²) in [6, 6.07) is 18.9. The van der Waals surface area contributed by atoms with Crippen molar-refractivity contribution in [2.45, 2.75) is 25.7 Å². The third-order valence-corrected chi connectivity index (χ3v) is 7.95. The van der Waals surface area contributed by atoms with E-state index in [0.29, 0.717) is 24.0 Å². The zero-order chi connectivity index (χ0) is 23.9. The van der Waals surface area contributed by atoms with E-state index >= 15 is 0 Å². The van der Waals surface area contributed by atoms with Gasteiger partial charge in [-0.2, -0.15) is 0 Å². The van der Waals surface area contributed by atoms with E-state index in [1.165, 1.54) is 14.2 Å². The molecular weight excluding hydrogens is 428 g/mol. The topological polar surface area (TPSA) is 69.7 Å². The number of carbonyl (C=O) groups is 3. The molecule has 0 heterocycles. The molecule has 2 aromatic rings. The largest absolute Gasteiger partial charge is 0.468 e. The van der Waals surface area contributed by atoms with Gasteiger partial charge in [0.1, 0.15) is 0 Å². The highest BCUT2D eigenvalue weighted by atomic mass is 16.5. The first-order valence-corrected chi connectivity index (χ1v) is 11.8. The third kappa shape index (κ3) is 2.70. The zero-order valence-corrected chi connectivity index (χ0v) is 19.5. The molecule has 0 radical (unpaired) electrons. The second kappa shape index (κ2) is 8.39. The number of ether oxygens (including phenoxy) is 2. The number of carbonyl (C=O) groups excluding carboxylic acids is 3. The number of benzene rings is 2. The highest BCUT2D eigenvalue weighted by molar-refractivity contribution is 6.38. The molecule has 0 aromatic heterocycles. The fraction of sp³-hybridized carbons (Fsp3) is 0.345. The van der Waals surface area contributed by atoms with Crippen molar-refractivity contribution in [1.29, 1.82) is 0 Å². The van der Waals surface area contributed by atoms with E-state index < -0.39 is 28.6 Å². The molecule has 0 unspecified atom stereocenters. The quantitative estimate of drug-likeness (QED) is 0.373. The Morgan fingerprint density at radius 3 is 1.44 bits per heavy atom. The molecule has 3 aliphatic carbocycles. The molecule has 4 atom stereocenters. The average Bonchev–Trinajstić information content (AvgIpc) is 3.22. The molecule has 0 spiro atoms. The molecule has 0 N–H and O–H groups in total. The number of hydrogen-bond donors (Lipinski definition) is 0. The molecule has 0 aliphatic heterocycles. The molecule has 2 aromatic carbocycles. The summed E-state index contributed by atoms with van der Waals surface area (Å²) in [5.74, 6) is -2.30. The maximum absolute atomic E-state index is 14.7. The van der Waals surface area contributed by atoms with Crippen molar-refractivity contribution in [2.75, 3.05) is 14.2 Å². The minimum absolute atomic E-state index is 0.362. The maximum atomic E-state index is 14.7. The molecule has 0 amide bonds. The molecule has 174 valence electrons. The minimum atomic E-state index is -1.56. The molecule has 3 aliphatic rings. The summed E-state index contributed by atoms with van der Waals surface area (Å²) in [5.41, 5.74) is -0.444. The summed E-state index contributed by atoms with van der Waals surface area (Å²) in [4.78, 5) is 42.4. The molecule has 2 bridgehead atoms. The number of hydrogen-bond acceptors (Lipinski definition) is 5.